The van der Waals surface area contributed by atoms with Crippen LogP contribution in [0.5, 0.6) is 0 Å². The molecular formula is C16H23N3S. The van der Waals surface area contributed by atoms with E-state index in [1.807, 2.05) is 29.8 Å². The number of thiazole rings is 1. The fourth-order valence-electron chi connectivity index (χ4n) is 2.06. The molecule has 0 spiro atoms. The lowest BCUT2D eigenvalue weighted by atomic mass is 10.2. The molecule has 108 valence electrons. The molecule has 0 radical (unpaired) electrons. The molecule has 2 aromatic rings. The van der Waals surface area contributed by atoms with Crippen molar-refractivity contribution in [2.24, 2.45) is 0 Å². The van der Waals surface area contributed by atoms with Crippen molar-refractivity contribution in [3.8, 4) is 0 Å². The van der Waals surface area contributed by atoms with E-state index in [0.717, 1.165) is 25.8 Å². The number of hydrogen-bond acceptors (Lipinski definition) is 4. The third kappa shape index (κ3) is 4.39. The Bertz CT molecular complexity index is 520. The molecule has 3 nitrogen and oxygen atoms in total. The first-order chi connectivity index (χ1) is 9.69. The molecule has 0 aliphatic heterocycles. The lowest BCUT2D eigenvalue weighted by Crippen LogP contribution is -2.21. The Morgan fingerprint density at radius 1 is 1.35 bits per heavy atom. The minimum Gasteiger partial charge on any atom is -0.310 e. The first-order valence-electron chi connectivity index (χ1n) is 7.28. The Kier molecular flexibility index (Phi) is 5.68. The normalized spacial score (nSPS) is 11.2. The van der Waals surface area contributed by atoms with Gasteiger partial charge in [-0.25, -0.2) is 4.98 Å². The summed E-state index contributed by atoms with van der Waals surface area (Å²) in [5.74, 6) is 0. The summed E-state index contributed by atoms with van der Waals surface area (Å²) in [6.45, 7) is 7.49. The highest BCUT2D eigenvalue weighted by Crippen LogP contribution is 2.22. The van der Waals surface area contributed by atoms with E-state index >= 15 is 0 Å². The van der Waals surface area contributed by atoms with Gasteiger partial charge in [0.15, 0.2) is 0 Å². The van der Waals surface area contributed by atoms with Gasteiger partial charge in [-0.15, -0.1) is 11.3 Å². The van der Waals surface area contributed by atoms with Gasteiger partial charge in [0.1, 0.15) is 0 Å². The Morgan fingerprint density at radius 3 is 2.85 bits per heavy atom. The first kappa shape index (κ1) is 15.1. The maximum Gasteiger partial charge on any atom is 0.0976 e. The van der Waals surface area contributed by atoms with Gasteiger partial charge in [-0.2, -0.15) is 0 Å². The average Bonchev–Trinajstić information content (AvgIpc) is 2.80. The quantitative estimate of drug-likeness (QED) is 0.846. The van der Waals surface area contributed by atoms with Crippen LogP contribution in [0.25, 0.3) is 0 Å². The van der Waals surface area contributed by atoms with E-state index < -0.39 is 0 Å². The molecule has 0 amide bonds. The summed E-state index contributed by atoms with van der Waals surface area (Å²) in [4.78, 5) is 10.4. The third-order valence-corrected chi connectivity index (χ3v) is 4.16. The SMILES string of the molecule is CCCc1nc(Cc2cccnc2)sc1CNC(C)C. The van der Waals surface area contributed by atoms with Crippen LogP contribution in [0.4, 0.5) is 0 Å². The van der Waals surface area contributed by atoms with Crippen molar-refractivity contribution in [1.29, 1.82) is 0 Å². The Hall–Kier alpha value is -1.26. The maximum atomic E-state index is 4.82. The minimum atomic E-state index is 0.508. The number of pyridine rings is 1. The summed E-state index contributed by atoms with van der Waals surface area (Å²) in [7, 11) is 0. The van der Waals surface area contributed by atoms with Crippen LogP contribution in [0.2, 0.25) is 0 Å². The lowest BCUT2D eigenvalue weighted by Gasteiger charge is -2.07. The van der Waals surface area contributed by atoms with Crippen molar-refractivity contribution in [3.63, 3.8) is 0 Å². The number of rotatable bonds is 7. The van der Waals surface area contributed by atoms with Crippen LogP contribution >= 0.6 is 11.3 Å². The molecule has 0 bridgehead atoms. The van der Waals surface area contributed by atoms with E-state index in [1.165, 1.54) is 21.1 Å². The first-order valence-corrected chi connectivity index (χ1v) is 8.10. The van der Waals surface area contributed by atoms with Gasteiger partial charge in [-0.05, 0) is 18.1 Å². The molecule has 0 fully saturated rings. The highest BCUT2D eigenvalue weighted by atomic mass is 32.1. The largest absolute Gasteiger partial charge is 0.310 e. The summed E-state index contributed by atoms with van der Waals surface area (Å²) < 4.78 is 0. The summed E-state index contributed by atoms with van der Waals surface area (Å²) in [5, 5.41) is 4.69. The summed E-state index contributed by atoms with van der Waals surface area (Å²) in [6, 6.07) is 4.60. The summed E-state index contributed by atoms with van der Waals surface area (Å²) in [6.07, 6.45) is 6.83. The second kappa shape index (κ2) is 7.50. The number of aryl methyl sites for hydroxylation is 1. The molecule has 0 saturated carbocycles. The minimum absolute atomic E-state index is 0.508. The molecule has 0 saturated heterocycles. The topological polar surface area (TPSA) is 37.8 Å². The van der Waals surface area contributed by atoms with Crippen LogP contribution in [0, 0.1) is 0 Å². The van der Waals surface area contributed by atoms with Gasteiger partial charge in [0, 0.05) is 36.3 Å². The highest BCUT2D eigenvalue weighted by molar-refractivity contribution is 7.11. The molecule has 20 heavy (non-hydrogen) atoms. The summed E-state index contributed by atoms with van der Waals surface area (Å²) >= 11 is 1.83. The second-order valence-corrected chi connectivity index (χ2v) is 6.47. The fraction of sp³-hybridized carbons (Fsp3) is 0.500. The van der Waals surface area contributed by atoms with E-state index in [0.29, 0.717) is 6.04 Å². The van der Waals surface area contributed by atoms with Crippen molar-refractivity contribution < 1.29 is 0 Å². The summed E-state index contributed by atoms with van der Waals surface area (Å²) in [5.41, 5.74) is 2.50. The smallest absolute Gasteiger partial charge is 0.0976 e. The van der Waals surface area contributed by atoms with Crippen molar-refractivity contribution >= 4 is 11.3 Å². The zero-order chi connectivity index (χ0) is 14.4. The molecular weight excluding hydrogens is 266 g/mol. The van der Waals surface area contributed by atoms with Gasteiger partial charge >= 0.3 is 0 Å². The van der Waals surface area contributed by atoms with Crippen LogP contribution < -0.4 is 5.32 Å². The maximum absolute atomic E-state index is 4.82. The highest BCUT2D eigenvalue weighted by Gasteiger charge is 2.11. The van der Waals surface area contributed by atoms with Gasteiger partial charge in [0.25, 0.3) is 0 Å². The van der Waals surface area contributed by atoms with Crippen molar-refractivity contribution in [3.05, 3.63) is 45.7 Å². The lowest BCUT2D eigenvalue weighted by molar-refractivity contribution is 0.589. The monoisotopic (exact) mass is 289 g/mol. The van der Waals surface area contributed by atoms with E-state index in [2.05, 4.69) is 37.1 Å². The molecule has 2 rings (SSSR count). The van der Waals surface area contributed by atoms with Crippen LogP contribution in [-0.4, -0.2) is 16.0 Å². The zero-order valence-electron chi connectivity index (χ0n) is 12.5. The van der Waals surface area contributed by atoms with Crippen molar-refractivity contribution in [1.82, 2.24) is 15.3 Å². The Morgan fingerprint density at radius 2 is 2.20 bits per heavy atom. The fourth-order valence-corrected chi connectivity index (χ4v) is 3.16. The van der Waals surface area contributed by atoms with Crippen molar-refractivity contribution in [2.45, 2.75) is 52.6 Å². The molecule has 0 unspecified atom stereocenters. The van der Waals surface area contributed by atoms with Crippen LogP contribution in [-0.2, 0) is 19.4 Å². The van der Waals surface area contributed by atoms with Gasteiger partial charge in [0.05, 0.1) is 10.7 Å². The van der Waals surface area contributed by atoms with Crippen molar-refractivity contribution in [2.75, 3.05) is 0 Å². The van der Waals surface area contributed by atoms with Crippen LogP contribution in [0.3, 0.4) is 0 Å². The Balaban J connectivity index is 2.11. The van der Waals surface area contributed by atoms with Gasteiger partial charge in [0.2, 0.25) is 0 Å². The number of hydrogen-bond donors (Lipinski definition) is 1. The van der Waals surface area contributed by atoms with E-state index in [9.17, 15) is 0 Å². The second-order valence-electron chi connectivity index (χ2n) is 5.30. The van der Waals surface area contributed by atoms with Crippen LogP contribution in [0.1, 0.15) is 48.3 Å². The molecule has 1 N–H and O–H groups in total. The third-order valence-electron chi connectivity index (χ3n) is 3.06. The van der Waals surface area contributed by atoms with Gasteiger partial charge in [-0.1, -0.05) is 33.3 Å². The Labute approximate surface area is 125 Å². The number of nitrogens with zero attached hydrogens (tertiary/aromatic N) is 2. The number of aromatic nitrogens is 2. The van der Waals surface area contributed by atoms with Crippen LogP contribution in [0.15, 0.2) is 24.5 Å². The molecule has 0 atom stereocenters. The predicted molar refractivity (Wildman–Crippen MR) is 85.1 cm³/mol. The van der Waals surface area contributed by atoms with E-state index in [4.69, 9.17) is 4.98 Å². The molecule has 4 heteroatoms. The molecule has 0 aliphatic rings. The van der Waals surface area contributed by atoms with E-state index in [-0.39, 0.29) is 0 Å². The number of nitrogens with one attached hydrogen (secondary N) is 1. The standard InChI is InChI=1S/C16H23N3S/c1-4-6-14-15(11-18-12(2)3)20-16(19-14)9-13-7-5-8-17-10-13/h5,7-8,10,12,18H,4,6,9,11H2,1-3H3. The average molecular weight is 289 g/mol. The molecule has 2 aromatic heterocycles. The van der Waals surface area contributed by atoms with Gasteiger partial charge in [-0.3, -0.25) is 4.98 Å². The predicted octanol–water partition coefficient (Wildman–Crippen LogP) is 3.58. The zero-order valence-corrected chi connectivity index (χ0v) is 13.3. The molecule has 0 aliphatic carbocycles. The van der Waals surface area contributed by atoms with E-state index in [1.54, 1.807) is 0 Å². The molecule has 2 heterocycles. The molecule has 0 aromatic carbocycles. The van der Waals surface area contributed by atoms with Gasteiger partial charge < -0.3 is 5.32 Å².